The van der Waals surface area contributed by atoms with Gasteiger partial charge < -0.3 is 14.8 Å². The van der Waals surface area contributed by atoms with Crippen LogP contribution in [0.15, 0.2) is 24.4 Å². The Hall–Kier alpha value is -2.01. The Balaban J connectivity index is 2.35. The van der Waals surface area contributed by atoms with Gasteiger partial charge in [0.05, 0.1) is 18.9 Å². The first-order valence-corrected chi connectivity index (χ1v) is 7.17. The molecule has 1 aromatic heterocycles. The SMILES string of the molecule is CCOc1ccc(OCC)c(Nc2nc(Cl)ncc2C)c1. The third-order valence-electron chi connectivity index (χ3n) is 2.76. The van der Waals surface area contributed by atoms with E-state index < -0.39 is 0 Å². The molecule has 5 nitrogen and oxygen atoms in total. The molecule has 0 saturated heterocycles. The first-order valence-electron chi connectivity index (χ1n) is 6.79. The van der Waals surface area contributed by atoms with Gasteiger partial charge in [-0.2, -0.15) is 0 Å². The molecule has 112 valence electrons. The second-order valence-electron chi connectivity index (χ2n) is 4.32. The van der Waals surface area contributed by atoms with Gasteiger partial charge in [0.2, 0.25) is 5.28 Å². The Morgan fingerprint density at radius 2 is 1.95 bits per heavy atom. The minimum absolute atomic E-state index is 0.196. The van der Waals surface area contributed by atoms with Crippen molar-refractivity contribution in [2.24, 2.45) is 0 Å². The van der Waals surface area contributed by atoms with Crippen LogP contribution in [0.2, 0.25) is 5.28 Å². The molecule has 1 heterocycles. The summed E-state index contributed by atoms with van der Waals surface area (Å²) in [5.41, 5.74) is 1.67. The van der Waals surface area contributed by atoms with E-state index in [0.717, 1.165) is 22.7 Å². The normalized spacial score (nSPS) is 10.3. The highest BCUT2D eigenvalue weighted by Crippen LogP contribution is 2.32. The molecule has 1 aromatic carbocycles. The maximum absolute atomic E-state index is 5.85. The lowest BCUT2D eigenvalue weighted by Gasteiger charge is -2.15. The van der Waals surface area contributed by atoms with E-state index in [9.17, 15) is 0 Å². The molecule has 0 radical (unpaired) electrons. The van der Waals surface area contributed by atoms with E-state index in [2.05, 4.69) is 15.3 Å². The molecular formula is C15H18ClN3O2. The zero-order valence-corrected chi connectivity index (χ0v) is 13.1. The fourth-order valence-corrected chi connectivity index (χ4v) is 1.95. The summed E-state index contributed by atoms with van der Waals surface area (Å²) in [7, 11) is 0. The number of ether oxygens (including phenoxy) is 2. The van der Waals surface area contributed by atoms with Gasteiger partial charge in [-0.25, -0.2) is 9.97 Å². The summed E-state index contributed by atoms with van der Waals surface area (Å²) < 4.78 is 11.1. The summed E-state index contributed by atoms with van der Waals surface area (Å²) in [6.45, 7) is 6.97. The van der Waals surface area contributed by atoms with Crippen molar-refractivity contribution in [1.82, 2.24) is 9.97 Å². The van der Waals surface area contributed by atoms with Gasteiger partial charge in [0.25, 0.3) is 0 Å². The molecule has 6 heteroatoms. The van der Waals surface area contributed by atoms with Gasteiger partial charge in [-0.05, 0) is 44.5 Å². The van der Waals surface area contributed by atoms with Gasteiger partial charge in [-0.3, -0.25) is 0 Å². The highest BCUT2D eigenvalue weighted by atomic mass is 35.5. The van der Waals surface area contributed by atoms with Crippen LogP contribution in [0.1, 0.15) is 19.4 Å². The molecule has 0 bridgehead atoms. The fourth-order valence-electron chi connectivity index (χ4n) is 1.82. The molecule has 0 atom stereocenters. The number of anilines is 2. The third kappa shape index (κ3) is 3.98. The Morgan fingerprint density at radius 3 is 2.67 bits per heavy atom. The first-order chi connectivity index (χ1) is 10.1. The van der Waals surface area contributed by atoms with E-state index in [1.807, 2.05) is 39.0 Å². The molecule has 0 amide bonds. The van der Waals surface area contributed by atoms with Crippen molar-refractivity contribution in [3.8, 4) is 11.5 Å². The maximum Gasteiger partial charge on any atom is 0.224 e. The fraction of sp³-hybridized carbons (Fsp3) is 0.333. The van der Waals surface area contributed by atoms with Crippen molar-refractivity contribution >= 4 is 23.1 Å². The van der Waals surface area contributed by atoms with E-state index >= 15 is 0 Å². The number of hydrogen-bond donors (Lipinski definition) is 1. The van der Waals surface area contributed by atoms with Crippen LogP contribution in [0.4, 0.5) is 11.5 Å². The summed E-state index contributed by atoms with van der Waals surface area (Å²) in [6, 6.07) is 5.62. The van der Waals surface area contributed by atoms with Gasteiger partial charge in [-0.1, -0.05) is 0 Å². The van der Waals surface area contributed by atoms with Gasteiger partial charge in [0, 0.05) is 17.8 Å². The van der Waals surface area contributed by atoms with E-state index in [1.54, 1.807) is 6.20 Å². The predicted molar refractivity (Wildman–Crippen MR) is 83.8 cm³/mol. The van der Waals surface area contributed by atoms with Crippen LogP contribution < -0.4 is 14.8 Å². The smallest absolute Gasteiger partial charge is 0.224 e. The van der Waals surface area contributed by atoms with Crippen molar-refractivity contribution in [3.05, 3.63) is 35.2 Å². The minimum Gasteiger partial charge on any atom is -0.494 e. The lowest BCUT2D eigenvalue weighted by atomic mass is 10.2. The Bertz CT molecular complexity index is 620. The number of benzene rings is 1. The van der Waals surface area contributed by atoms with E-state index in [-0.39, 0.29) is 5.28 Å². The number of rotatable bonds is 6. The molecule has 2 rings (SSSR count). The van der Waals surface area contributed by atoms with Crippen molar-refractivity contribution < 1.29 is 9.47 Å². The molecule has 0 saturated carbocycles. The van der Waals surface area contributed by atoms with Crippen LogP contribution in [0.3, 0.4) is 0 Å². The number of nitrogens with zero attached hydrogens (tertiary/aromatic N) is 2. The molecule has 0 unspecified atom stereocenters. The second-order valence-corrected chi connectivity index (χ2v) is 4.66. The number of nitrogens with one attached hydrogen (secondary N) is 1. The van der Waals surface area contributed by atoms with Crippen molar-refractivity contribution in [2.75, 3.05) is 18.5 Å². The average molecular weight is 308 g/mol. The summed E-state index contributed by atoms with van der Waals surface area (Å²) in [6.07, 6.45) is 1.67. The highest BCUT2D eigenvalue weighted by Gasteiger charge is 2.09. The second kappa shape index (κ2) is 7.13. The first kappa shape index (κ1) is 15.4. The summed E-state index contributed by atoms with van der Waals surface area (Å²) in [5.74, 6) is 2.14. The third-order valence-corrected chi connectivity index (χ3v) is 2.94. The molecule has 0 fully saturated rings. The highest BCUT2D eigenvalue weighted by molar-refractivity contribution is 6.28. The van der Waals surface area contributed by atoms with Crippen LogP contribution in [0.5, 0.6) is 11.5 Å². The molecular weight excluding hydrogens is 290 g/mol. The predicted octanol–water partition coefficient (Wildman–Crippen LogP) is 3.98. The van der Waals surface area contributed by atoms with Crippen LogP contribution in [-0.2, 0) is 0 Å². The van der Waals surface area contributed by atoms with E-state index in [4.69, 9.17) is 21.1 Å². The number of hydrogen-bond acceptors (Lipinski definition) is 5. The lowest BCUT2D eigenvalue weighted by molar-refractivity contribution is 0.332. The molecule has 0 aliphatic rings. The Labute approximate surface area is 129 Å². The topological polar surface area (TPSA) is 56.3 Å². The zero-order valence-electron chi connectivity index (χ0n) is 12.3. The van der Waals surface area contributed by atoms with Gasteiger partial charge in [0.1, 0.15) is 17.3 Å². The number of halogens is 1. The molecule has 0 aliphatic carbocycles. The zero-order chi connectivity index (χ0) is 15.2. The van der Waals surface area contributed by atoms with Gasteiger partial charge in [0.15, 0.2) is 0 Å². The monoisotopic (exact) mass is 307 g/mol. The maximum atomic E-state index is 5.85. The van der Waals surface area contributed by atoms with Crippen LogP contribution in [0, 0.1) is 6.92 Å². The van der Waals surface area contributed by atoms with Gasteiger partial charge in [-0.15, -0.1) is 0 Å². The van der Waals surface area contributed by atoms with Crippen LogP contribution in [-0.4, -0.2) is 23.2 Å². The van der Waals surface area contributed by atoms with Gasteiger partial charge >= 0.3 is 0 Å². The average Bonchev–Trinajstić information content (AvgIpc) is 2.46. The van der Waals surface area contributed by atoms with Crippen LogP contribution in [0.25, 0.3) is 0 Å². The number of aromatic nitrogens is 2. The standard InChI is InChI=1S/C15H18ClN3O2/c1-4-20-11-6-7-13(21-5-2)12(8-11)18-14-10(3)9-17-15(16)19-14/h6-9H,4-5H2,1-3H3,(H,17,18,19). The Morgan fingerprint density at radius 1 is 1.19 bits per heavy atom. The largest absolute Gasteiger partial charge is 0.494 e. The summed E-state index contributed by atoms with van der Waals surface area (Å²) >= 11 is 5.85. The lowest BCUT2D eigenvalue weighted by Crippen LogP contribution is -2.02. The van der Waals surface area contributed by atoms with Crippen molar-refractivity contribution in [1.29, 1.82) is 0 Å². The molecule has 0 aliphatic heterocycles. The molecule has 21 heavy (non-hydrogen) atoms. The number of aryl methyl sites for hydroxylation is 1. The van der Waals surface area contributed by atoms with Crippen LogP contribution >= 0.6 is 11.6 Å². The summed E-state index contributed by atoms with van der Waals surface area (Å²) in [5, 5.41) is 3.42. The molecule has 2 aromatic rings. The van der Waals surface area contributed by atoms with E-state index in [0.29, 0.717) is 19.0 Å². The van der Waals surface area contributed by atoms with Crippen molar-refractivity contribution in [2.45, 2.75) is 20.8 Å². The summed E-state index contributed by atoms with van der Waals surface area (Å²) in [4.78, 5) is 8.14. The molecule has 1 N–H and O–H groups in total. The molecule has 0 spiro atoms. The minimum atomic E-state index is 0.196. The van der Waals surface area contributed by atoms with E-state index in [1.165, 1.54) is 0 Å². The van der Waals surface area contributed by atoms with Crippen molar-refractivity contribution in [3.63, 3.8) is 0 Å². The quantitative estimate of drug-likeness (QED) is 0.818. The Kier molecular flexibility index (Phi) is 5.22.